The van der Waals surface area contributed by atoms with Crippen LogP contribution in [0.4, 0.5) is 4.39 Å². The van der Waals surface area contributed by atoms with Gasteiger partial charge in [0.15, 0.2) is 0 Å². The third-order valence-corrected chi connectivity index (χ3v) is 7.23. The Morgan fingerprint density at radius 1 is 0.860 bits per heavy atom. The number of hydrogen-bond donors (Lipinski definition) is 1. The number of hydrogen-bond acceptors (Lipinski definition) is 5. The Labute approximate surface area is 247 Å². The van der Waals surface area contributed by atoms with Crippen LogP contribution in [0.5, 0.6) is 5.75 Å². The number of halogens is 1. The number of nitrogens with zero attached hydrogens (tertiary/aromatic N) is 4. The van der Waals surface area contributed by atoms with Gasteiger partial charge in [-0.1, -0.05) is 48.5 Å². The molecule has 3 aromatic heterocycles. The van der Waals surface area contributed by atoms with Crippen LogP contribution in [0.15, 0.2) is 119 Å². The second kappa shape index (κ2) is 12.3. The van der Waals surface area contributed by atoms with Gasteiger partial charge in [0.1, 0.15) is 18.2 Å². The minimum atomic E-state index is -0.313. The summed E-state index contributed by atoms with van der Waals surface area (Å²) in [6.45, 7) is 1.40. The highest BCUT2D eigenvalue weighted by Gasteiger charge is 2.20. The van der Waals surface area contributed by atoms with Crippen molar-refractivity contribution < 1.29 is 9.13 Å². The third kappa shape index (κ3) is 6.32. The number of aromatic nitrogens is 4. The van der Waals surface area contributed by atoms with Crippen LogP contribution >= 0.6 is 0 Å². The molecule has 1 N–H and O–H groups in total. The van der Waals surface area contributed by atoms with E-state index in [1.54, 1.807) is 35.2 Å². The molecule has 8 nitrogen and oxygen atoms in total. The number of pyridine rings is 2. The number of ether oxygens (including phenoxy) is 1. The van der Waals surface area contributed by atoms with Crippen LogP contribution in [0.2, 0.25) is 0 Å². The molecule has 0 aliphatic rings. The number of nitrogens with one attached hydrogen (secondary N) is 1. The molecule has 3 heterocycles. The third-order valence-electron chi connectivity index (χ3n) is 7.23. The molecule has 0 bridgehead atoms. The smallest absolute Gasteiger partial charge is 0.280 e. The molecule has 0 aliphatic heterocycles. The number of rotatable bonds is 10. The summed E-state index contributed by atoms with van der Waals surface area (Å²) in [5.74, 6) is 0.360. The quantitative estimate of drug-likeness (QED) is 0.241. The fraction of sp³-hybridized carbons (Fsp3) is 0.147. The summed E-state index contributed by atoms with van der Waals surface area (Å²) in [5.41, 5.74) is 3.77. The standard InChI is InChI=1S/C34H30FN5O3/c1-38(20-25-9-5-11-27(35)17-25)22-31-33-30(18-32(41)39(31)21-26-10-6-16-36-19-26)37-40(34(33)42)28-12-14-29(15-13-28)43-23-24-7-3-2-4-8-24/h2-19,37H,20-23H2,1H3. The molecule has 0 fully saturated rings. The van der Waals surface area contributed by atoms with E-state index in [2.05, 4.69) is 10.1 Å². The van der Waals surface area contributed by atoms with Crippen molar-refractivity contribution in [1.29, 1.82) is 0 Å². The van der Waals surface area contributed by atoms with Crippen LogP contribution in [0.25, 0.3) is 16.6 Å². The Morgan fingerprint density at radius 2 is 1.63 bits per heavy atom. The molecule has 0 amide bonds. The first-order valence-electron chi connectivity index (χ1n) is 13.9. The van der Waals surface area contributed by atoms with Crippen molar-refractivity contribution in [1.82, 2.24) is 24.2 Å². The van der Waals surface area contributed by atoms with Gasteiger partial charge in [-0.2, -0.15) is 0 Å². The monoisotopic (exact) mass is 575 g/mol. The number of benzene rings is 3. The van der Waals surface area contributed by atoms with Crippen LogP contribution in [0, 0.1) is 5.82 Å². The van der Waals surface area contributed by atoms with Crippen LogP contribution in [-0.4, -0.2) is 31.3 Å². The van der Waals surface area contributed by atoms with Crippen LogP contribution in [-0.2, 0) is 26.2 Å². The van der Waals surface area contributed by atoms with E-state index < -0.39 is 0 Å². The molecule has 0 radical (unpaired) electrons. The Kier molecular flexibility index (Phi) is 7.97. The molecule has 3 aromatic carbocycles. The topological polar surface area (TPSA) is 85.1 Å². The average Bonchev–Trinajstić information content (AvgIpc) is 3.34. The normalized spacial score (nSPS) is 11.3. The molecule has 6 aromatic rings. The van der Waals surface area contributed by atoms with Gasteiger partial charge < -0.3 is 9.30 Å². The predicted octanol–water partition coefficient (Wildman–Crippen LogP) is 5.27. The maximum absolute atomic E-state index is 14.0. The second-order valence-corrected chi connectivity index (χ2v) is 10.5. The minimum Gasteiger partial charge on any atom is -0.489 e. The predicted molar refractivity (Wildman–Crippen MR) is 164 cm³/mol. The zero-order valence-corrected chi connectivity index (χ0v) is 23.6. The molecular formula is C34H30FN5O3. The van der Waals surface area contributed by atoms with Gasteiger partial charge in [0.25, 0.3) is 11.1 Å². The first kappa shape index (κ1) is 27.9. The van der Waals surface area contributed by atoms with E-state index in [9.17, 15) is 14.0 Å². The maximum atomic E-state index is 14.0. The lowest BCUT2D eigenvalue weighted by Gasteiger charge is -2.20. The van der Waals surface area contributed by atoms with Gasteiger partial charge in [-0.15, -0.1) is 0 Å². The summed E-state index contributed by atoms with van der Waals surface area (Å²) < 4.78 is 22.8. The van der Waals surface area contributed by atoms with E-state index >= 15 is 0 Å². The van der Waals surface area contributed by atoms with Crippen molar-refractivity contribution in [3.63, 3.8) is 0 Å². The van der Waals surface area contributed by atoms with E-state index in [1.165, 1.54) is 22.9 Å². The molecule has 0 saturated heterocycles. The molecule has 0 unspecified atom stereocenters. The largest absolute Gasteiger partial charge is 0.489 e. The van der Waals surface area contributed by atoms with Crippen LogP contribution in [0.1, 0.15) is 22.4 Å². The maximum Gasteiger partial charge on any atom is 0.280 e. The van der Waals surface area contributed by atoms with Gasteiger partial charge in [0, 0.05) is 31.5 Å². The number of fused-ring (bicyclic) bond motifs is 1. The van der Waals surface area contributed by atoms with Gasteiger partial charge >= 0.3 is 0 Å². The Hall–Kier alpha value is -5.28. The zero-order chi connectivity index (χ0) is 29.8. The van der Waals surface area contributed by atoms with Crippen LogP contribution < -0.4 is 15.9 Å². The summed E-state index contributed by atoms with van der Waals surface area (Å²) in [5, 5.41) is 3.55. The van der Waals surface area contributed by atoms with Gasteiger partial charge in [-0.25, -0.2) is 9.07 Å². The molecule has 43 heavy (non-hydrogen) atoms. The summed E-state index contributed by atoms with van der Waals surface area (Å²) in [7, 11) is 1.88. The molecular weight excluding hydrogens is 545 g/mol. The molecule has 0 saturated carbocycles. The zero-order valence-electron chi connectivity index (χ0n) is 23.6. The lowest BCUT2D eigenvalue weighted by molar-refractivity contribution is 0.306. The van der Waals surface area contributed by atoms with Crippen molar-refractivity contribution in [2.75, 3.05) is 7.05 Å². The van der Waals surface area contributed by atoms with Gasteiger partial charge in [-0.05, 0) is 66.2 Å². The molecule has 0 atom stereocenters. The fourth-order valence-corrected chi connectivity index (χ4v) is 5.19. The lowest BCUT2D eigenvalue weighted by Crippen LogP contribution is -2.29. The summed E-state index contributed by atoms with van der Waals surface area (Å²) in [6.07, 6.45) is 3.37. The second-order valence-electron chi connectivity index (χ2n) is 10.5. The highest BCUT2D eigenvalue weighted by Crippen LogP contribution is 2.20. The van der Waals surface area contributed by atoms with E-state index in [-0.39, 0.29) is 30.0 Å². The fourth-order valence-electron chi connectivity index (χ4n) is 5.19. The van der Waals surface area contributed by atoms with Crippen LogP contribution in [0.3, 0.4) is 0 Å². The Balaban J connectivity index is 1.36. The number of H-pyrrole nitrogens is 1. The van der Waals surface area contributed by atoms with Crippen molar-refractivity contribution >= 4 is 10.9 Å². The molecule has 6 rings (SSSR count). The van der Waals surface area contributed by atoms with Gasteiger partial charge in [0.05, 0.1) is 28.8 Å². The van der Waals surface area contributed by atoms with E-state index in [0.717, 1.165) is 16.7 Å². The van der Waals surface area contributed by atoms with Gasteiger partial charge in [-0.3, -0.25) is 24.6 Å². The SMILES string of the molecule is CN(Cc1cccc(F)c1)Cc1c2c(=O)n(-c3ccc(OCc4ccccc4)cc3)[nH]c2cc(=O)n1Cc1cccnc1. The Bertz CT molecular complexity index is 1970. The lowest BCUT2D eigenvalue weighted by atomic mass is 10.1. The molecule has 0 spiro atoms. The summed E-state index contributed by atoms with van der Waals surface area (Å²) >= 11 is 0. The van der Waals surface area contributed by atoms with E-state index in [1.807, 2.05) is 72.6 Å². The number of aromatic amines is 1. The van der Waals surface area contributed by atoms with E-state index in [0.29, 0.717) is 41.2 Å². The summed E-state index contributed by atoms with van der Waals surface area (Å²) in [4.78, 5) is 33.5. The average molecular weight is 576 g/mol. The first-order valence-corrected chi connectivity index (χ1v) is 13.9. The highest BCUT2D eigenvalue weighted by molar-refractivity contribution is 5.81. The summed E-state index contributed by atoms with van der Waals surface area (Å²) in [6, 6.07) is 28.7. The molecule has 216 valence electrons. The van der Waals surface area contributed by atoms with Crippen molar-refractivity contribution in [2.24, 2.45) is 0 Å². The van der Waals surface area contributed by atoms with Gasteiger partial charge in [0.2, 0.25) is 0 Å². The van der Waals surface area contributed by atoms with Crippen molar-refractivity contribution in [3.05, 3.63) is 158 Å². The van der Waals surface area contributed by atoms with Crippen molar-refractivity contribution in [2.45, 2.75) is 26.2 Å². The molecule has 0 aliphatic carbocycles. The minimum absolute atomic E-state index is 0.247. The Morgan fingerprint density at radius 3 is 2.37 bits per heavy atom. The molecule has 9 heteroatoms. The highest BCUT2D eigenvalue weighted by atomic mass is 19.1. The van der Waals surface area contributed by atoms with E-state index in [4.69, 9.17) is 4.74 Å². The van der Waals surface area contributed by atoms with Crippen molar-refractivity contribution in [3.8, 4) is 11.4 Å². The first-order chi connectivity index (χ1) is 20.9.